The molecule has 0 aliphatic carbocycles. The molecule has 4 heterocycles. The second-order valence-corrected chi connectivity index (χ2v) is 6.34. The number of methoxy groups -OCH3 is 1. The van der Waals surface area contributed by atoms with Crippen molar-refractivity contribution in [1.82, 2.24) is 24.5 Å². The zero-order valence-electron chi connectivity index (χ0n) is 14.3. The third-order valence-corrected chi connectivity index (χ3v) is 4.87. The minimum Gasteiger partial charge on any atom is -0.494 e. The first kappa shape index (κ1) is 15.1. The summed E-state index contributed by atoms with van der Waals surface area (Å²) in [5.41, 5.74) is 3.12. The van der Waals surface area contributed by atoms with E-state index in [-0.39, 0.29) is 5.75 Å². The SMILES string of the molecule is COc1cccc(-c2nn3c(c2N2C=Cc4ncnn4C2)CCC3)c1F. The zero-order chi connectivity index (χ0) is 17.7. The molecular weight excluding hydrogens is 335 g/mol. The third-order valence-electron chi connectivity index (χ3n) is 4.87. The number of hydrogen-bond donors (Lipinski definition) is 0. The average molecular weight is 352 g/mol. The molecule has 0 radical (unpaired) electrons. The van der Waals surface area contributed by atoms with Crippen LogP contribution in [0.25, 0.3) is 17.3 Å². The highest BCUT2D eigenvalue weighted by Gasteiger charge is 2.29. The van der Waals surface area contributed by atoms with Gasteiger partial charge in [0.15, 0.2) is 17.4 Å². The van der Waals surface area contributed by atoms with Crippen LogP contribution >= 0.6 is 0 Å². The second-order valence-electron chi connectivity index (χ2n) is 6.34. The van der Waals surface area contributed by atoms with E-state index in [1.165, 1.54) is 13.4 Å². The Bertz CT molecular complexity index is 1020. The van der Waals surface area contributed by atoms with Crippen LogP contribution in [0.15, 0.2) is 30.7 Å². The van der Waals surface area contributed by atoms with Crippen molar-refractivity contribution < 1.29 is 9.13 Å². The molecule has 0 N–H and O–H groups in total. The van der Waals surface area contributed by atoms with Gasteiger partial charge in [0.1, 0.15) is 18.7 Å². The Hall–Kier alpha value is -3.16. The minimum atomic E-state index is -0.393. The van der Waals surface area contributed by atoms with Crippen molar-refractivity contribution in [3.63, 3.8) is 0 Å². The highest BCUT2D eigenvalue weighted by molar-refractivity contribution is 5.80. The van der Waals surface area contributed by atoms with Gasteiger partial charge in [0.05, 0.1) is 18.5 Å². The van der Waals surface area contributed by atoms with Gasteiger partial charge in [-0.2, -0.15) is 10.2 Å². The number of rotatable bonds is 3. The molecule has 0 atom stereocenters. The zero-order valence-corrected chi connectivity index (χ0v) is 14.3. The summed E-state index contributed by atoms with van der Waals surface area (Å²) >= 11 is 0. The van der Waals surface area contributed by atoms with E-state index in [1.807, 2.05) is 21.6 Å². The lowest BCUT2D eigenvalue weighted by molar-refractivity contribution is 0.387. The van der Waals surface area contributed by atoms with Crippen LogP contribution in [0.3, 0.4) is 0 Å². The summed E-state index contributed by atoms with van der Waals surface area (Å²) < 4.78 is 23.9. The van der Waals surface area contributed by atoms with E-state index in [0.29, 0.717) is 17.9 Å². The molecule has 2 aliphatic heterocycles. The first-order valence-electron chi connectivity index (χ1n) is 8.51. The smallest absolute Gasteiger partial charge is 0.174 e. The van der Waals surface area contributed by atoms with Crippen molar-refractivity contribution in [3.05, 3.63) is 48.1 Å². The van der Waals surface area contributed by atoms with Crippen LogP contribution in [-0.4, -0.2) is 31.7 Å². The number of ether oxygens (including phenoxy) is 1. The maximum absolute atomic E-state index is 14.9. The molecule has 1 aromatic carbocycles. The van der Waals surface area contributed by atoms with Crippen LogP contribution in [0.5, 0.6) is 5.75 Å². The number of benzene rings is 1. The summed E-state index contributed by atoms with van der Waals surface area (Å²) in [7, 11) is 1.47. The summed E-state index contributed by atoms with van der Waals surface area (Å²) in [6, 6.07) is 5.14. The maximum Gasteiger partial charge on any atom is 0.174 e. The van der Waals surface area contributed by atoms with E-state index in [9.17, 15) is 4.39 Å². The van der Waals surface area contributed by atoms with Gasteiger partial charge in [-0.25, -0.2) is 14.1 Å². The number of anilines is 1. The number of nitrogens with zero attached hydrogens (tertiary/aromatic N) is 6. The van der Waals surface area contributed by atoms with Crippen LogP contribution in [-0.2, 0) is 19.6 Å². The number of hydrogen-bond acceptors (Lipinski definition) is 5. The molecule has 0 bridgehead atoms. The van der Waals surface area contributed by atoms with Gasteiger partial charge >= 0.3 is 0 Å². The Morgan fingerprint density at radius 3 is 3.04 bits per heavy atom. The van der Waals surface area contributed by atoms with Crippen LogP contribution in [0.1, 0.15) is 17.9 Å². The van der Waals surface area contributed by atoms with E-state index < -0.39 is 5.82 Å². The normalized spacial score (nSPS) is 15.2. The van der Waals surface area contributed by atoms with Gasteiger partial charge < -0.3 is 9.64 Å². The molecule has 0 saturated carbocycles. The van der Waals surface area contributed by atoms with Crippen LogP contribution in [0, 0.1) is 5.82 Å². The van der Waals surface area contributed by atoms with Crippen molar-refractivity contribution in [2.75, 3.05) is 12.0 Å². The van der Waals surface area contributed by atoms with Gasteiger partial charge in [-0.1, -0.05) is 6.07 Å². The molecule has 132 valence electrons. The van der Waals surface area contributed by atoms with Crippen LogP contribution in [0.4, 0.5) is 10.1 Å². The van der Waals surface area contributed by atoms with Crippen LogP contribution in [0.2, 0.25) is 0 Å². The molecule has 2 aliphatic rings. The van der Waals surface area contributed by atoms with E-state index >= 15 is 0 Å². The highest BCUT2D eigenvalue weighted by Crippen LogP contribution is 2.40. The molecule has 0 unspecified atom stereocenters. The quantitative estimate of drug-likeness (QED) is 0.725. The maximum atomic E-state index is 14.9. The molecule has 0 amide bonds. The van der Waals surface area contributed by atoms with Crippen molar-refractivity contribution in [2.24, 2.45) is 0 Å². The Balaban J connectivity index is 1.67. The van der Waals surface area contributed by atoms with Gasteiger partial charge in [-0.05, 0) is 31.1 Å². The van der Waals surface area contributed by atoms with Crippen molar-refractivity contribution in [3.8, 4) is 17.0 Å². The molecule has 0 spiro atoms. The van der Waals surface area contributed by atoms with Crippen LogP contribution < -0.4 is 9.64 Å². The lowest BCUT2D eigenvalue weighted by atomic mass is 10.1. The molecule has 2 aromatic heterocycles. The van der Waals surface area contributed by atoms with Crippen molar-refractivity contribution in [1.29, 1.82) is 0 Å². The van der Waals surface area contributed by atoms with Gasteiger partial charge in [-0.15, -0.1) is 0 Å². The third kappa shape index (κ3) is 2.15. The van der Waals surface area contributed by atoms with Gasteiger partial charge in [-0.3, -0.25) is 4.68 Å². The predicted octanol–water partition coefficient (Wildman–Crippen LogP) is 2.68. The van der Waals surface area contributed by atoms with Gasteiger partial charge in [0.2, 0.25) is 0 Å². The molecule has 0 fully saturated rings. The van der Waals surface area contributed by atoms with E-state index in [2.05, 4.69) is 15.0 Å². The lowest BCUT2D eigenvalue weighted by Gasteiger charge is -2.25. The summed E-state index contributed by atoms with van der Waals surface area (Å²) in [5.74, 6) is 0.629. The fraction of sp³-hybridized carbons (Fsp3) is 0.278. The molecule has 0 saturated heterocycles. The summed E-state index contributed by atoms with van der Waals surface area (Å²) in [6.45, 7) is 1.36. The first-order chi connectivity index (χ1) is 12.8. The number of halogens is 1. The molecule has 26 heavy (non-hydrogen) atoms. The van der Waals surface area contributed by atoms with Gasteiger partial charge in [0, 0.05) is 18.3 Å². The number of fused-ring (bicyclic) bond motifs is 2. The number of aryl methyl sites for hydroxylation is 1. The van der Waals surface area contributed by atoms with E-state index in [0.717, 1.165) is 36.6 Å². The predicted molar refractivity (Wildman–Crippen MR) is 94.0 cm³/mol. The average Bonchev–Trinajstić information content (AvgIpc) is 3.36. The van der Waals surface area contributed by atoms with E-state index in [1.54, 1.807) is 18.2 Å². The van der Waals surface area contributed by atoms with E-state index in [4.69, 9.17) is 9.84 Å². The first-order valence-corrected chi connectivity index (χ1v) is 8.51. The standard InChI is InChI=1S/C18H17FN6O/c1-26-14-6-2-4-12(16(14)19)17-18(13-5-3-8-24(13)22-17)23-9-7-15-20-10-21-25(15)11-23/h2,4,6-7,9-10H,3,5,8,11H2,1H3. The summed E-state index contributed by atoms with van der Waals surface area (Å²) in [6.07, 6.45) is 7.36. The molecule has 7 nitrogen and oxygen atoms in total. The van der Waals surface area contributed by atoms with Gasteiger partial charge in [0.25, 0.3) is 0 Å². The fourth-order valence-corrected chi connectivity index (χ4v) is 3.66. The largest absolute Gasteiger partial charge is 0.494 e. The fourth-order valence-electron chi connectivity index (χ4n) is 3.66. The molecule has 5 rings (SSSR count). The topological polar surface area (TPSA) is 61.0 Å². The monoisotopic (exact) mass is 352 g/mol. The summed E-state index contributed by atoms with van der Waals surface area (Å²) in [5, 5.41) is 8.97. The summed E-state index contributed by atoms with van der Waals surface area (Å²) in [4.78, 5) is 6.26. The Morgan fingerprint density at radius 2 is 2.15 bits per heavy atom. The lowest BCUT2D eigenvalue weighted by Crippen LogP contribution is -2.26. The number of aromatic nitrogens is 5. The van der Waals surface area contributed by atoms with Crippen molar-refractivity contribution >= 4 is 11.8 Å². The Morgan fingerprint density at radius 1 is 1.23 bits per heavy atom. The molecule has 3 aromatic rings. The molecule has 8 heteroatoms. The Labute approximate surface area is 149 Å². The second kappa shape index (κ2) is 5.69. The van der Waals surface area contributed by atoms with Crippen molar-refractivity contribution in [2.45, 2.75) is 26.1 Å². The minimum absolute atomic E-state index is 0.217. The molecular formula is C18H17FN6O. The Kier molecular flexibility index (Phi) is 3.31. The highest BCUT2D eigenvalue weighted by atomic mass is 19.1.